The first-order chi connectivity index (χ1) is 10.2. The van der Waals surface area contributed by atoms with Gasteiger partial charge in [-0.3, -0.25) is 0 Å². The Bertz CT molecular complexity index is 633. The maximum atomic E-state index is 13.3. The fourth-order valence-corrected chi connectivity index (χ4v) is 2.66. The van der Waals surface area contributed by atoms with Gasteiger partial charge in [0.1, 0.15) is 5.82 Å². The molecule has 4 nitrogen and oxygen atoms in total. The zero-order valence-electron chi connectivity index (χ0n) is 11.9. The molecule has 0 aliphatic heterocycles. The molecule has 1 heterocycles. The van der Waals surface area contributed by atoms with Crippen LogP contribution in [0.25, 0.3) is 10.9 Å². The van der Waals surface area contributed by atoms with E-state index >= 15 is 0 Å². The first-order valence-corrected chi connectivity index (χ1v) is 7.49. The Hall–Kier alpha value is -2.04. The summed E-state index contributed by atoms with van der Waals surface area (Å²) in [6, 6.07) is 4.58. The lowest BCUT2D eigenvalue weighted by molar-refractivity contribution is 0.232. The van der Waals surface area contributed by atoms with E-state index in [9.17, 15) is 9.18 Å². The van der Waals surface area contributed by atoms with Crippen LogP contribution in [0, 0.1) is 11.7 Å². The van der Waals surface area contributed by atoms with Crippen molar-refractivity contribution in [3.05, 3.63) is 35.8 Å². The van der Waals surface area contributed by atoms with Crippen LogP contribution in [0.1, 0.15) is 24.8 Å². The van der Waals surface area contributed by atoms with E-state index in [1.807, 2.05) is 6.20 Å². The van der Waals surface area contributed by atoms with Crippen molar-refractivity contribution in [2.24, 2.45) is 5.92 Å². The van der Waals surface area contributed by atoms with Crippen LogP contribution in [0.15, 0.2) is 24.4 Å². The van der Waals surface area contributed by atoms with Crippen LogP contribution in [0.3, 0.4) is 0 Å². The highest BCUT2D eigenvalue weighted by molar-refractivity contribution is 5.83. The van der Waals surface area contributed by atoms with Crippen LogP contribution in [0.2, 0.25) is 0 Å². The minimum Gasteiger partial charge on any atom is -0.361 e. The number of carbonyl (C=O) groups excluding carboxylic acids is 1. The van der Waals surface area contributed by atoms with E-state index in [2.05, 4.69) is 15.6 Å². The summed E-state index contributed by atoms with van der Waals surface area (Å²) in [4.78, 5) is 14.8. The highest BCUT2D eigenvalue weighted by Crippen LogP contribution is 2.25. The van der Waals surface area contributed by atoms with Gasteiger partial charge in [-0.1, -0.05) is 6.42 Å². The molecular weight excluding hydrogens is 269 g/mol. The van der Waals surface area contributed by atoms with E-state index in [4.69, 9.17) is 0 Å². The molecule has 1 aliphatic carbocycles. The third-order valence-corrected chi connectivity index (χ3v) is 4.19. The lowest BCUT2D eigenvalue weighted by Crippen LogP contribution is -2.40. The second-order valence-corrected chi connectivity index (χ2v) is 5.69. The fourth-order valence-electron chi connectivity index (χ4n) is 2.66. The van der Waals surface area contributed by atoms with E-state index in [0.717, 1.165) is 23.0 Å². The first kappa shape index (κ1) is 13.9. The summed E-state index contributed by atoms with van der Waals surface area (Å²) in [5, 5.41) is 6.62. The Labute approximate surface area is 123 Å². The van der Waals surface area contributed by atoms with Gasteiger partial charge >= 0.3 is 6.03 Å². The van der Waals surface area contributed by atoms with Crippen molar-refractivity contribution in [2.75, 3.05) is 13.1 Å². The number of H-pyrrole nitrogens is 1. The third kappa shape index (κ3) is 3.35. The Morgan fingerprint density at radius 2 is 2.19 bits per heavy atom. The molecular formula is C16H20FN3O. The Morgan fingerprint density at radius 3 is 2.95 bits per heavy atom. The van der Waals surface area contributed by atoms with Crippen LogP contribution in [0.5, 0.6) is 0 Å². The normalized spacial score (nSPS) is 14.9. The van der Waals surface area contributed by atoms with Gasteiger partial charge in [-0.25, -0.2) is 9.18 Å². The van der Waals surface area contributed by atoms with Crippen molar-refractivity contribution in [1.29, 1.82) is 0 Å². The molecule has 0 atom stereocenters. The molecule has 21 heavy (non-hydrogen) atoms. The maximum absolute atomic E-state index is 13.3. The van der Waals surface area contributed by atoms with Gasteiger partial charge in [0, 0.05) is 30.2 Å². The molecule has 1 saturated carbocycles. The van der Waals surface area contributed by atoms with Gasteiger partial charge in [0.2, 0.25) is 0 Å². The summed E-state index contributed by atoms with van der Waals surface area (Å²) in [7, 11) is 0. The Morgan fingerprint density at radius 1 is 1.33 bits per heavy atom. The highest BCUT2D eigenvalue weighted by Gasteiger charge is 2.17. The number of urea groups is 1. The molecule has 3 rings (SSSR count). The maximum Gasteiger partial charge on any atom is 0.314 e. The SMILES string of the molecule is O=C(NCCc1c[nH]c2ccc(F)cc12)NCC1CCC1. The number of hydrogen-bond donors (Lipinski definition) is 3. The van der Waals surface area contributed by atoms with Crippen molar-refractivity contribution in [1.82, 2.24) is 15.6 Å². The zero-order valence-corrected chi connectivity index (χ0v) is 11.9. The van der Waals surface area contributed by atoms with Crippen LogP contribution in [0.4, 0.5) is 9.18 Å². The summed E-state index contributed by atoms with van der Waals surface area (Å²) >= 11 is 0. The average molecular weight is 289 g/mol. The van der Waals surface area contributed by atoms with Crippen molar-refractivity contribution in [2.45, 2.75) is 25.7 Å². The van der Waals surface area contributed by atoms with Crippen molar-refractivity contribution < 1.29 is 9.18 Å². The van der Waals surface area contributed by atoms with Gasteiger partial charge in [0.15, 0.2) is 0 Å². The second-order valence-electron chi connectivity index (χ2n) is 5.69. The molecule has 1 fully saturated rings. The number of nitrogens with one attached hydrogen (secondary N) is 3. The van der Waals surface area contributed by atoms with Gasteiger partial charge in [0.25, 0.3) is 0 Å². The van der Waals surface area contributed by atoms with E-state index in [0.29, 0.717) is 18.9 Å². The van der Waals surface area contributed by atoms with Gasteiger partial charge in [-0.2, -0.15) is 0 Å². The topological polar surface area (TPSA) is 56.9 Å². The number of carbonyl (C=O) groups is 1. The lowest BCUT2D eigenvalue weighted by atomic mass is 9.85. The van der Waals surface area contributed by atoms with Gasteiger partial charge in [0.05, 0.1) is 0 Å². The summed E-state index contributed by atoms with van der Waals surface area (Å²) in [6.45, 7) is 1.31. The number of rotatable bonds is 5. The number of aromatic amines is 1. The molecule has 3 N–H and O–H groups in total. The molecule has 2 amide bonds. The molecule has 0 spiro atoms. The first-order valence-electron chi connectivity index (χ1n) is 7.49. The average Bonchev–Trinajstić information content (AvgIpc) is 2.80. The summed E-state index contributed by atoms with van der Waals surface area (Å²) in [5.41, 5.74) is 1.93. The van der Waals surface area contributed by atoms with Crippen molar-refractivity contribution in [3.8, 4) is 0 Å². The number of amides is 2. The van der Waals surface area contributed by atoms with Crippen LogP contribution in [-0.2, 0) is 6.42 Å². The van der Waals surface area contributed by atoms with Gasteiger partial charge < -0.3 is 15.6 Å². The smallest absolute Gasteiger partial charge is 0.314 e. The minimum atomic E-state index is -0.241. The molecule has 0 unspecified atom stereocenters. The lowest BCUT2D eigenvalue weighted by Gasteiger charge is -2.25. The fraction of sp³-hybridized carbons (Fsp3) is 0.438. The predicted octanol–water partition coefficient (Wildman–Crippen LogP) is 2.95. The largest absolute Gasteiger partial charge is 0.361 e. The minimum absolute atomic E-state index is 0.118. The van der Waals surface area contributed by atoms with Crippen LogP contribution >= 0.6 is 0 Å². The van der Waals surface area contributed by atoms with E-state index in [-0.39, 0.29) is 11.8 Å². The molecule has 1 aromatic carbocycles. The molecule has 0 bridgehead atoms. The van der Waals surface area contributed by atoms with Gasteiger partial charge in [-0.15, -0.1) is 0 Å². The summed E-state index contributed by atoms with van der Waals surface area (Å²) < 4.78 is 13.3. The number of fused-ring (bicyclic) bond motifs is 1. The standard InChI is InChI=1S/C16H20FN3O/c17-13-4-5-15-14(8-13)12(10-19-15)6-7-18-16(21)20-9-11-2-1-3-11/h4-5,8,10-11,19H,1-3,6-7,9H2,(H2,18,20,21). The molecule has 5 heteroatoms. The van der Waals surface area contributed by atoms with Crippen molar-refractivity contribution in [3.63, 3.8) is 0 Å². The van der Waals surface area contributed by atoms with Gasteiger partial charge in [-0.05, 0) is 48.9 Å². The van der Waals surface area contributed by atoms with Crippen LogP contribution < -0.4 is 10.6 Å². The molecule has 0 saturated heterocycles. The number of halogens is 1. The molecule has 2 aromatic rings. The quantitative estimate of drug-likeness (QED) is 0.779. The highest BCUT2D eigenvalue weighted by atomic mass is 19.1. The van der Waals surface area contributed by atoms with E-state index in [1.54, 1.807) is 6.07 Å². The second kappa shape index (κ2) is 6.16. The van der Waals surface area contributed by atoms with Crippen molar-refractivity contribution >= 4 is 16.9 Å². The van der Waals surface area contributed by atoms with E-state index < -0.39 is 0 Å². The zero-order chi connectivity index (χ0) is 14.7. The third-order valence-electron chi connectivity index (χ3n) is 4.19. The Balaban J connectivity index is 1.47. The Kier molecular flexibility index (Phi) is 4.08. The molecule has 1 aromatic heterocycles. The number of hydrogen-bond acceptors (Lipinski definition) is 1. The van der Waals surface area contributed by atoms with E-state index in [1.165, 1.54) is 31.4 Å². The summed E-state index contributed by atoms with van der Waals surface area (Å²) in [5.74, 6) is 0.418. The molecule has 0 radical (unpaired) electrons. The molecule has 112 valence electrons. The number of benzene rings is 1. The van der Waals surface area contributed by atoms with Crippen LogP contribution in [-0.4, -0.2) is 24.1 Å². The molecule has 1 aliphatic rings. The summed E-state index contributed by atoms with van der Waals surface area (Å²) in [6.07, 6.45) is 6.28. The predicted molar refractivity (Wildman–Crippen MR) is 80.7 cm³/mol. The monoisotopic (exact) mass is 289 g/mol. The number of aromatic nitrogens is 1.